The highest BCUT2D eigenvalue weighted by atomic mass is 79.9. The molecule has 2 aromatic carbocycles. The first kappa shape index (κ1) is 15.9. The van der Waals surface area contributed by atoms with E-state index in [-0.39, 0.29) is 5.69 Å². The number of halogens is 2. The summed E-state index contributed by atoms with van der Waals surface area (Å²) in [7, 11) is 0. The Morgan fingerprint density at radius 3 is 2.52 bits per heavy atom. The van der Waals surface area contributed by atoms with Gasteiger partial charge in [-0.1, -0.05) is 22.0 Å². The molecule has 0 aliphatic rings. The molecule has 0 saturated heterocycles. The first-order valence-electron chi connectivity index (χ1n) is 5.97. The van der Waals surface area contributed by atoms with Crippen LogP contribution in [0.3, 0.4) is 0 Å². The molecule has 21 heavy (non-hydrogen) atoms. The van der Waals surface area contributed by atoms with Gasteiger partial charge in [0.15, 0.2) is 0 Å². The van der Waals surface area contributed by atoms with Crippen LogP contribution in [-0.4, -0.2) is 10.0 Å². The second-order valence-corrected chi connectivity index (χ2v) is 6.14. The lowest BCUT2D eigenvalue weighted by Gasteiger charge is -2.11. The highest BCUT2D eigenvalue weighted by molar-refractivity contribution is 9.10. The van der Waals surface area contributed by atoms with E-state index in [1.54, 1.807) is 31.2 Å². The number of rotatable bonds is 4. The van der Waals surface area contributed by atoms with Crippen LogP contribution in [0.5, 0.6) is 11.5 Å². The molecule has 0 fully saturated rings. The van der Waals surface area contributed by atoms with Crippen molar-refractivity contribution in [3.63, 3.8) is 0 Å². The van der Waals surface area contributed by atoms with E-state index in [9.17, 15) is 15.2 Å². The molecule has 7 heteroatoms. The van der Waals surface area contributed by atoms with Crippen LogP contribution in [0.25, 0.3) is 0 Å². The topological polar surface area (TPSA) is 72.6 Å². The molecule has 5 nitrogen and oxygen atoms in total. The summed E-state index contributed by atoms with van der Waals surface area (Å²) in [5.74, 6) is 0.855. The zero-order valence-corrected chi connectivity index (χ0v) is 14.1. The SMILES string of the molecule is CC(O)c1ccc(Oc2cc(Br)cc([N+](=O)[O-])c2)c(Br)c1. The molecule has 1 unspecified atom stereocenters. The van der Waals surface area contributed by atoms with E-state index in [4.69, 9.17) is 4.74 Å². The fourth-order valence-electron chi connectivity index (χ4n) is 1.70. The molecule has 0 saturated carbocycles. The van der Waals surface area contributed by atoms with Crippen LogP contribution in [0.2, 0.25) is 0 Å². The fourth-order valence-corrected chi connectivity index (χ4v) is 2.64. The van der Waals surface area contributed by atoms with Gasteiger partial charge in [0.1, 0.15) is 11.5 Å². The Morgan fingerprint density at radius 1 is 1.24 bits per heavy atom. The summed E-state index contributed by atoms with van der Waals surface area (Å²) in [6.07, 6.45) is -0.581. The highest BCUT2D eigenvalue weighted by Crippen LogP contribution is 2.34. The minimum Gasteiger partial charge on any atom is -0.456 e. The van der Waals surface area contributed by atoms with Gasteiger partial charge >= 0.3 is 0 Å². The summed E-state index contributed by atoms with van der Waals surface area (Å²) < 4.78 is 6.87. The zero-order valence-electron chi connectivity index (χ0n) is 10.9. The minimum absolute atomic E-state index is 0.0592. The average Bonchev–Trinajstić information content (AvgIpc) is 2.40. The lowest BCUT2D eigenvalue weighted by molar-refractivity contribution is -0.385. The number of nitro benzene ring substituents is 1. The van der Waals surface area contributed by atoms with Crippen molar-refractivity contribution < 1.29 is 14.8 Å². The van der Waals surface area contributed by atoms with Crippen LogP contribution in [0.4, 0.5) is 5.69 Å². The summed E-state index contributed by atoms with van der Waals surface area (Å²) in [6.45, 7) is 1.67. The van der Waals surface area contributed by atoms with Crippen molar-refractivity contribution in [2.24, 2.45) is 0 Å². The monoisotopic (exact) mass is 415 g/mol. The molecular formula is C14H11Br2NO4. The largest absolute Gasteiger partial charge is 0.456 e. The number of hydrogen-bond donors (Lipinski definition) is 1. The van der Waals surface area contributed by atoms with E-state index in [2.05, 4.69) is 31.9 Å². The Morgan fingerprint density at radius 2 is 1.95 bits per heavy atom. The molecular weight excluding hydrogens is 406 g/mol. The normalized spacial score (nSPS) is 12.0. The summed E-state index contributed by atoms with van der Waals surface area (Å²) in [6, 6.07) is 9.56. The number of ether oxygens (including phenoxy) is 1. The molecule has 0 heterocycles. The van der Waals surface area contributed by atoms with E-state index >= 15 is 0 Å². The number of nitro groups is 1. The average molecular weight is 417 g/mol. The molecule has 1 N–H and O–H groups in total. The highest BCUT2D eigenvalue weighted by Gasteiger charge is 2.12. The summed E-state index contributed by atoms with van der Waals surface area (Å²) in [4.78, 5) is 10.4. The van der Waals surface area contributed by atoms with Crippen molar-refractivity contribution in [2.75, 3.05) is 0 Å². The third kappa shape index (κ3) is 4.03. The number of aliphatic hydroxyl groups excluding tert-OH is 1. The van der Waals surface area contributed by atoms with Crippen LogP contribution in [-0.2, 0) is 0 Å². The third-order valence-electron chi connectivity index (χ3n) is 2.73. The van der Waals surface area contributed by atoms with E-state index < -0.39 is 11.0 Å². The summed E-state index contributed by atoms with van der Waals surface area (Å²) >= 11 is 6.57. The van der Waals surface area contributed by atoms with Gasteiger partial charge in [-0.3, -0.25) is 10.1 Å². The molecule has 0 aliphatic carbocycles. The van der Waals surface area contributed by atoms with Gasteiger partial charge in [0, 0.05) is 10.5 Å². The second-order valence-electron chi connectivity index (χ2n) is 4.37. The zero-order chi connectivity index (χ0) is 15.6. The molecule has 2 aromatic rings. The Hall–Kier alpha value is -1.44. The van der Waals surface area contributed by atoms with Crippen LogP contribution in [0, 0.1) is 10.1 Å². The maximum atomic E-state index is 10.8. The number of benzene rings is 2. The van der Waals surface area contributed by atoms with Crippen molar-refractivity contribution >= 4 is 37.5 Å². The van der Waals surface area contributed by atoms with Crippen LogP contribution >= 0.6 is 31.9 Å². The van der Waals surface area contributed by atoms with Crippen molar-refractivity contribution in [1.29, 1.82) is 0 Å². The lowest BCUT2D eigenvalue weighted by Crippen LogP contribution is -1.93. The maximum absolute atomic E-state index is 10.8. The van der Waals surface area contributed by atoms with Gasteiger partial charge in [0.2, 0.25) is 0 Å². The lowest BCUT2D eigenvalue weighted by atomic mass is 10.1. The van der Waals surface area contributed by atoms with Gasteiger partial charge < -0.3 is 9.84 Å². The van der Waals surface area contributed by atoms with Gasteiger partial charge in [-0.25, -0.2) is 0 Å². The Kier molecular flexibility index (Phi) is 4.97. The molecule has 0 amide bonds. The molecule has 2 rings (SSSR count). The molecule has 0 radical (unpaired) electrons. The third-order valence-corrected chi connectivity index (χ3v) is 3.81. The van der Waals surface area contributed by atoms with E-state index in [1.165, 1.54) is 12.1 Å². The van der Waals surface area contributed by atoms with E-state index in [0.717, 1.165) is 5.56 Å². The molecule has 110 valence electrons. The number of hydrogen-bond acceptors (Lipinski definition) is 4. The number of aliphatic hydroxyl groups is 1. The first-order valence-corrected chi connectivity index (χ1v) is 7.56. The number of non-ortho nitro benzene ring substituents is 1. The quantitative estimate of drug-likeness (QED) is 0.564. The van der Waals surface area contributed by atoms with Crippen LogP contribution in [0.1, 0.15) is 18.6 Å². The van der Waals surface area contributed by atoms with Crippen molar-refractivity contribution in [1.82, 2.24) is 0 Å². The predicted molar refractivity (Wildman–Crippen MR) is 85.6 cm³/mol. The molecule has 0 bridgehead atoms. The predicted octanol–water partition coefficient (Wildman–Crippen LogP) is 4.97. The molecule has 0 aromatic heterocycles. The van der Waals surface area contributed by atoms with Crippen molar-refractivity contribution in [3.8, 4) is 11.5 Å². The molecule has 0 spiro atoms. The van der Waals surface area contributed by atoms with Gasteiger partial charge in [-0.15, -0.1) is 0 Å². The second kappa shape index (κ2) is 6.55. The molecule has 0 aliphatic heterocycles. The summed E-state index contributed by atoms with van der Waals surface area (Å²) in [5.41, 5.74) is 0.686. The summed E-state index contributed by atoms with van der Waals surface area (Å²) in [5, 5.41) is 20.4. The Bertz CT molecular complexity index is 689. The van der Waals surface area contributed by atoms with Gasteiger partial charge in [0.25, 0.3) is 5.69 Å². The van der Waals surface area contributed by atoms with Gasteiger partial charge in [-0.2, -0.15) is 0 Å². The van der Waals surface area contributed by atoms with Crippen LogP contribution in [0.15, 0.2) is 45.3 Å². The Labute approximate surface area is 138 Å². The van der Waals surface area contributed by atoms with Crippen molar-refractivity contribution in [2.45, 2.75) is 13.0 Å². The van der Waals surface area contributed by atoms with E-state index in [1.807, 2.05) is 0 Å². The van der Waals surface area contributed by atoms with Gasteiger partial charge in [0.05, 0.1) is 21.6 Å². The van der Waals surface area contributed by atoms with Gasteiger partial charge in [-0.05, 0) is 46.6 Å². The first-order chi connectivity index (χ1) is 9.86. The fraction of sp³-hybridized carbons (Fsp3) is 0.143. The molecule has 1 atom stereocenters. The van der Waals surface area contributed by atoms with Crippen LogP contribution < -0.4 is 4.74 Å². The smallest absolute Gasteiger partial charge is 0.274 e. The minimum atomic E-state index is -0.581. The van der Waals surface area contributed by atoms with Crippen molar-refractivity contribution in [3.05, 3.63) is 61.0 Å². The van der Waals surface area contributed by atoms with E-state index in [0.29, 0.717) is 20.4 Å². The Balaban J connectivity index is 2.32. The number of nitrogens with zero attached hydrogens (tertiary/aromatic N) is 1. The standard InChI is InChI=1S/C14H11Br2NO4/c1-8(18)9-2-3-14(13(16)4-9)21-12-6-10(15)5-11(7-12)17(19)20/h2-8,18H,1H3. The maximum Gasteiger partial charge on any atom is 0.274 e.